The van der Waals surface area contributed by atoms with Crippen molar-refractivity contribution < 1.29 is 19.5 Å². The van der Waals surface area contributed by atoms with E-state index in [1.54, 1.807) is 18.2 Å². The van der Waals surface area contributed by atoms with E-state index in [1.807, 2.05) is 6.92 Å². The molecule has 1 aromatic carbocycles. The first-order chi connectivity index (χ1) is 10.9. The SMILES string of the molecule is Cc1ccc(C(=O)NNC(=O)[C@@H]2CCCC[C@@H]2C(=O)[O-])cc1Br. The minimum Gasteiger partial charge on any atom is -0.550 e. The summed E-state index contributed by atoms with van der Waals surface area (Å²) < 4.78 is 0.792. The fraction of sp³-hybridized carbons (Fsp3) is 0.438. The molecule has 0 unspecified atom stereocenters. The van der Waals surface area contributed by atoms with E-state index in [0.717, 1.165) is 22.9 Å². The quantitative estimate of drug-likeness (QED) is 0.765. The zero-order valence-corrected chi connectivity index (χ0v) is 14.3. The molecule has 0 spiro atoms. The molecule has 0 radical (unpaired) electrons. The minimum atomic E-state index is -1.21. The summed E-state index contributed by atoms with van der Waals surface area (Å²) in [5, 5.41) is 11.1. The van der Waals surface area contributed by atoms with Crippen molar-refractivity contribution in [2.45, 2.75) is 32.6 Å². The van der Waals surface area contributed by atoms with Crippen molar-refractivity contribution in [3.8, 4) is 0 Å². The van der Waals surface area contributed by atoms with Crippen LogP contribution in [0.3, 0.4) is 0 Å². The molecule has 1 aliphatic carbocycles. The molecule has 7 heteroatoms. The summed E-state index contributed by atoms with van der Waals surface area (Å²) >= 11 is 3.34. The average molecular weight is 382 g/mol. The number of carboxylic acids is 1. The number of aryl methyl sites for hydroxylation is 1. The standard InChI is InChI=1S/C16H19BrN2O4/c1-9-6-7-10(8-13(9)17)14(20)18-19-15(21)11-4-2-3-5-12(11)16(22)23/h6-8,11-12H,2-5H2,1H3,(H,18,20)(H,19,21)(H,22,23)/p-1/t11-,12+/m1/s1. The number of hydrogen-bond acceptors (Lipinski definition) is 4. The van der Waals surface area contributed by atoms with Crippen molar-refractivity contribution in [3.05, 3.63) is 33.8 Å². The highest BCUT2D eigenvalue weighted by atomic mass is 79.9. The van der Waals surface area contributed by atoms with Gasteiger partial charge in [0.15, 0.2) is 0 Å². The number of halogens is 1. The monoisotopic (exact) mass is 381 g/mol. The molecule has 124 valence electrons. The molecule has 23 heavy (non-hydrogen) atoms. The summed E-state index contributed by atoms with van der Waals surface area (Å²) in [5.41, 5.74) is 6.04. The Bertz CT molecular complexity index is 633. The second-order valence-electron chi connectivity index (χ2n) is 5.72. The van der Waals surface area contributed by atoms with Crippen molar-refractivity contribution in [1.29, 1.82) is 0 Å². The van der Waals surface area contributed by atoms with Crippen LogP contribution in [0.2, 0.25) is 0 Å². The molecule has 2 rings (SSSR count). The van der Waals surface area contributed by atoms with Crippen molar-refractivity contribution in [2.75, 3.05) is 0 Å². The maximum absolute atomic E-state index is 12.1. The second kappa shape index (κ2) is 7.59. The van der Waals surface area contributed by atoms with Crippen molar-refractivity contribution in [2.24, 2.45) is 11.8 Å². The summed E-state index contributed by atoms with van der Waals surface area (Å²) in [4.78, 5) is 35.3. The first kappa shape index (κ1) is 17.5. The Balaban J connectivity index is 1.96. The van der Waals surface area contributed by atoms with E-state index in [0.29, 0.717) is 18.4 Å². The molecule has 0 bridgehead atoms. The lowest BCUT2D eigenvalue weighted by Crippen LogP contribution is -2.49. The van der Waals surface area contributed by atoms with Gasteiger partial charge in [0, 0.05) is 27.8 Å². The molecule has 2 amide bonds. The Morgan fingerprint density at radius 1 is 1.13 bits per heavy atom. The zero-order valence-electron chi connectivity index (χ0n) is 12.7. The number of benzene rings is 1. The Morgan fingerprint density at radius 3 is 2.39 bits per heavy atom. The van der Waals surface area contributed by atoms with Gasteiger partial charge in [-0.1, -0.05) is 34.8 Å². The molecular weight excluding hydrogens is 364 g/mol. The molecule has 6 nitrogen and oxygen atoms in total. The van der Waals surface area contributed by atoms with E-state index in [1.165, 1.54) is 0 Å². The molecule has 1 aliphatic rings. The first-order valence-corrected chi connectivity index (χ1v) is 8.26. The Labute approximate surface area is 142 Å². The lowest BCUT2D eigenvalue weighted by molar-refractivity contribution is -0.314. The van der Waals surface area contributed by atoms with Crippen LogP contribution in [0.15, 0.2) is 22.7 Å². The number of hydrogen-bond donors (Lipinski definition) is 2. The van der Waals surface area contributed by atoms with Crippen molar-refractivity contribution in [3.63, 3.8) is 0 Å². The van der Waals surface area contributed by atoms with Crippen molar-refractivity contribution >= 4 is 33.7 Å². The topological polar surface area (TPSA) is 98.3 Å². The van der Waals surface area contributed by atoms with Crippen LogP contribution in [-0.2, 0) is 9.59 Å². The van der Waals surface area contributed by atoms with Crippen LogP contribution in [0.1, 0.15) is 41.6 Å². The largest absolute Gasteiger partial charge is 0.550 e. The molecule has 1 fully saturated rings. The van der Waals surface area contributed by atoms with Crippen LogP contribution in [0.5, 0.6) is 0 Å². The number of aliphatic carboxylic acids is 1. The molecule has 0 aromatic heterocycles. The Morgan fingerprint density at radius 2 is 1.78 bits per heavy atom. The lowest BCUT2D eigenvalue weighted by atomic mass is 9.79. The van der Waals surface area contributed by atoms with Crippen LogP contribution in [0.4, 0.5) is 0 Å². The van der Waals surface area contributed by atoms with Crippen LogP contribution in [0, 0.1) is 18.8 Å². The Hall–Kier alpha value is -1.89. The summed E-state index contributed by atoms with van der Waals surface area (Å²) in [6.45, 7) is 1.90. The van der Waals surface area contributed by atoms with Crippen LogP contribution in [-0.4, -0.2) is 17.8 Å². The third-order valence-corrected chi connectivity index (χ3v) is 4.99. The van der Waals surface area contributed by atoms with E-state index in [4.69, 9.17) is 0 Å². The van der Waals surface area contributed by atoms with Gasteiger partial charge >= 0.3 is 0 Å². The third kappa shape index (κ3) is 4.31. The van der Waals surface area contributed by atoms with Gasteiger partial charge in [-0.15, -0.1) is 0 Å². The van der Waals surface area contributed by atoms with E-state index < -0.39 is 29.6 Å². The van der Waals surface area contributed by atoms with Crippen LogP contribution < -0.4 is 16.0 Å². The molecule has 0 heterocycles. The van der Waals surface area contributed by atoms with E-state index >= 15 is 0 Å². The van der Waals surface area contributed by atoms with Crippen LogP contribution in [0.25, 0.3) is 0 Å². The predicted molar refractivity (Wildman–Crippen MR) is 84.9 cm³/mol. The lowest BCUT2D eigenvalue weighted by Gasteiger charge is -2.31. The molecule has 1 saturated carbocycles. The number of carbonyl (C=O) groups is 3. The molecule has 2 N–H and O–H groups in total. The van der Waals surface area contributed by atoms with Gasteiger partial charge in [-0.25, -0.2) is 0 Å². The number of rotatable bonds is 3. The number of carbonyl (C=O) groups excluding carboxylic acids is 3. The highest BCUT2D eigenvalue weighted by molar-refractivity contribution is 9.10. The van der Waals surface area contributed by atoms with Gasteiger partial charge in [0.05, 0.1) is 0 Å². The molecule has 2 atom stereocenters. The second-order valence-corrected chi connectivity index (χ2v) is 6.58. The van der Waals surface area contributed by atoms with Crippen LogP contribution >= 0.6 is 15.9 Å². The van der Waals surface area contributed by atoms with Gasteiger partial charge in [0.2, 0.25) is 5.91 Å². The smallest absolute Gasteiger partial charge is 0.269 e. The number of nitrogens with one attached hydrogen (secondary N) is 2. The summed E-state index contributed by atoms with van der Waals surface area (Å²) in [5.74, 6) is -3.62. The summed E-state index contributed by atoms with van der Waals surface area (Å²) in [6, 6.07) is 5.08. The molecule has 1 aromatic rings. The first-order valence-electron chi connectivity index (χ1n) is 7.47. The number of hydrazine groups is 1. The molecule has 0 aliphatic heterocycles. The number of amides is 2. The highest BCUT2D eigenvalue weighted by Crippen LogP contribution is 2.29. The summed E-state index contributed by atoms with van der Waals surface area (Å²) in [6.07, 6.45) is 2.47. The van der Waals surface area contributed by atoms with Gasteiger partial charge < -0.3 is 9.90 Å². The average Bonchev–Trinajstić information content (AvgIpc) is 2.54. The van der Waals surface area contributed by atoms with E-state index in [2.05, 4.69) is 26.8 Å². The Kier molecular flexibility index (Phi) is 5.76. The maximum Gasteiger partial charge on any atom is 0.269 e. The van der Waals surface area contributed by atoms with E-state index in [-0.39, 0.29) is 0 Å². The fourth-order valence-electron chi connectivity index (χ4n) is 2.74. The van der Waals surface area contributed by atoms with Gasteiger partial charge in [0.1, 0.15) is 0 Å². The van der Waals surface area contributed by atoms with Gasteiger partial charge in [-0.2, -0.15) is 0 Å². The van der Waals surface area contributed by atoms with Gasteiger partial charge in [-0.3, -0.25) is 20.4 Å². The maximum atomic E-state index is 12.1. The minimum absolute atomic E-state index is 0.392. The summed E-state index contributed by atoms with van der Waals surface area (Å²) in [7, 11) is 0. The van der Waals surface area contributed by atoms with Gasteiger partial charge in [0.25, 0.3) is 5.91 Å². The zero-order chi connectivity index (χ0) is 17.0. The van der Waals surface area contributed by atoms with Gasteiger partial charge in [-0.05, 0) is 37.5 Å². The van der Waals surface area contributed by atoms with Crippen molar-refractivity contribution in [1.82, 2.24) is 10.9 Å². The fourth-order valence-corrected chi connectivity index (χ4v) is 3.12. The third-order valence-electron chi connectivity index (χ3n) is 4.14. The highest BCUT2D eigenvalue weighted by Gasteiger charge is 2.31. The molecular formula is C16H18BrN2O4-. The normalized spacial score (nSPS) is 20.6. The number of carboxylic acid groups (broad SMARTS) is 1. The van der Waals surface area contributed by atoms with E-state index in [9.17, 15) is 19.5 Å². The molecule has 0 saturated heterocycles. The predicted octanol–water partition coefficient (Wildman–Crippen LogP) is 1.07.